The molecule has 1 aromatic carbocycles. The number of rotatable bonds is 2. The number of nitrogens with zero attached hydrogens (tertiary/aromatic N) is 2. The number of amides is 4. The van der Waals surface area contributed by atoms with E-state index in [1.54, 1.807) is 12.1 Å². The summed E-state index contributed by atoms with van der Waals surface area (Å²) in [4.78, 5) is 52.3. The Morgan fingerprint density at radius 1 is 0.963 bits per heavy atom. The predicted molar refractivity (Wildman–Crippen MR) is 97.2 cm³/mol. The van der Waals surface area contributed by atoms with Crippen molar-refractivity contribution in [1.82, 2.24) is 10.2 Å². The highest BCUT2D eigenvalue weighted by atomic mass is 16.2. The molecular weight excluding hydrogens is 348 g/mol. The van der Waals surface area contributed by atoms with E-state index < -0.39 is 23.8 Å². The Morgan fingerprint density at radius 3 is 2.52 bits per heavy atom. The van der Waals surface area contributed by atoms with Gasteiger partial charge in [-0.3, -0.25) is 29.4 Å². The quantitative estimate of drug-likeness (QED) is 0.729. The summed E-state index contributed by atoms with van der Waals surface area (Å²) >= 11 is 0. The first-order valence-corrected chi connectivity index (χ1v) is 9.32. The minimum absolute atomic E-state index is 0.114. The Labute approximate surface area is 156 Å². The molecule has 3 heterocycles. The lowest BCUT2D eigenvalue weighted by atomic mass is 10.0. The molecule has 3 aliphatic rings. The molecule has 27 heavy (non-hydrogen) atoms. The van der Waals surface area contributed by atoms with Gasteiger partial charge in [0.1, 0.15) is 6.04 Å². The zero-order chi connectivity index (χ0) is 19.1. The molecule has 3 aliphatic heterocycles. The van der Waals surface area contributed by atoms with Crippen LogP contribution in [0.25, 0.3) is 0 Å². The third-order valence-corrected chi connectivity index (χ3v) is 5.56. The molecule has 0 radical (unpaired) electrons. The summed E-state index contributed by atoms with van der Waals surface area (Å²) in [6, 6.07) is 4.49. The highest BCUT2D eigenvalue weighted by Gasteiger charge is 2.44. The fourth-order valence-electron chi connectivity index (χ4n) is 4.04. The van der Waals surface area contributed by atoms with Crippen LogP contribution in [0.5, 0.6) is 0 Å². The van der Waals surface area contributed by atoms with Gasteiger partial charge in [-0.2, -0.15) is 0 Å². The third kappa shape index (κ3) is 3.10. The maximum Gasteiger partial charge on any atom is 0.262 e. The van der Waals surface area contributed by atoms with E-state index in [4.69, 9.17) is 5.73 Å². The summed E-state index contributed by atoms with van der Waals surface area (Å²) in [6.45, 7) is 1.66. The zero-order valence-corrected chi connectivity index (χ0v) is 14.9. The van der Waals surface area contributed by atoms with Crippen LogP contribution < -0.4 is 16.0 Å². The molecule has 2 atom stereocenters. The van der Waals surface area contributed by atoms with Crippen LogP contribution in [0.4, 0.5) is 5.69 Å². The van der Waals surface area contributed by atoms with Crippen LogP contribution in [0.15, 0.2) is 18.2 Å². The first-order chi connectivity index (χ1) is 13.0. The van der Waals surface area contributed by atoms with Crippen LogP contribution in [-0.2, 0) is 9.59 Å². The lowest BCUT2D eigenvalue weighted by Crippen LogP contribution is -2.54. The molecule has 3 N–H and O–H groups in total. The fraction of sp³-hybridized carbons (Fsp3) is 0.474. The molecule has 4 rings (SSSR count). The van der Waals surface area contributed by atoms with E-state index in [9.17, 15) is 19.2 Å². The van der Waals surface area contributed by atoms with Gasteiger partial charge in [-0.05, 0) is 43.9 Å². The molecule has 0 aromatic heterocycles. The van der Waals surface area contributed by atoms with E-state index in [1.165, 1.54) is 0 Å². The van der Waals surface area contributed by atoms with Crippen molar-refractivity contribution in [1.29, 1.82) is 0 Å². The summed E-state index contributed by atoms with van der Waals surface area (Å²) < 4.78 is 0. The Morgan fingerprint density at radius 2 is 1.74 bits per heavy atom. The maximum atomic E-state index is 12.9. The van der Waals surface area contributed by atoms with E-state index >= 15 is 0 Å². The second-order valence-corrected chi connectivity index (χ2v) is 7.36. The minimum atomic E-state index is -0.935. The maximum absolute atomic E-state index is 12.9. The number of benzene rings is 1. The van der Waals surface area contributed by atoms with Crippen molar-refractivity contribution in [3.63, 3.8) is 0 Å². The molecule has 4 amide bonds. The third-order valence-electron chi connectivity index (χ3n) is 5.56. The number of anilines is 1. The zero-order valence-electron chi connectivity index (χ0n) is 14.9. The molecule has 0 aliphatic carbocycles. The molecule has 1 aromatic rings. The van der Waals surface area contributed by atoms with Crippen LogP contribution >= 0.6 is 0 Å². The average Bonchev–Trinajstić information content (AvgIpc) is 2.78. The average molecular weight is 370 g/mol. The monoisotopic (exact) mass is 370 g/mol. The molecule has 142 valence electrons. The van der Waals surface area contributed by atoms with Crippen molar-refractivity contribution in [2.24, 2.45) is 5.73 Å². The van der Waals surface area contributed by atoms with Gasteiger partial charge in [-0.25, -0.2) is 0 Å². The first kappa shape index (κ1) is 17.7. The summed E-state index contributed by atoms with van der Waals surface area (Å²) in [5, 5.41) is 2.20. The smallest absolute Gasteiger partial charge is 0.262 e. The standard InChI is InChI=1S/C19H22N4O4/c20-11-2-1-8-22(9-7-11)12-3-4-13-14(10-12)19(27)23(18(13)26)15-5-6-16(24)21-17(15)25/h3-4,10-11,15H,1-2,5-9,20H2,(H,21,24,25). The Bertz CT molecular complexity index is 837. The number of nitrogens with one attached hydrogen (secondary N) is 1. The van der Waals surface area contributed by atoms with Crippen LogP contribution in [0, 0.1) is 0 Å². The number of carbonyl (C=O) groups is 4. The van der Waals surface area contributed by atoms with Gasteiger partial charge >= 0.3 is 0 Å². The minimum Gasteiger partial charge on any atom is -0.371 e. The normalized spacial score (nSPS) is 26.1. The fourth-order valence-corrected chi connectivity index (χ4v) is 4.04. The van der Waals surface area contributed by atoms with Crippen molar-refractivity contribution in [2.75, 3.05) is 18.0 Å². The van der Waals surface area contributed by atoms with Crippen LogP contribution in [-0.4, -0.2) is 53.7 Å². The van der Waals surface area contributed by atoms with Gasteiger partial charge in [0.25, 0.3) is 11.8 Å². The van der Waals surface area contributed by atoms with Crippen molar-refractivity contribution in [3.05, 3.63) is 29.3 Å². The Balaban J connectivity index is 1.60. The SMILES string of the molecule is NC1CCCN(c2ccc3c(c2)C(=O)N(C2CCC(=O)NC2=O)C3=O)CC1. The number of nitrogens with two attached hydrogens (primary N) is 1. The number of hydrogen-bond acceptors (Lipinski definition) is 6. The first-order valence-electron chi connectivity index (χ1n) is 9.32. The van der Waals surface area contributed by atoms with Crippen molar-refractivity contribution >= 4 is 29.3 Å². The molecule has 0 spiro atoms. The largest absolute Gasteiger partial charge is 0.371 e. The van der Waals surface area contributed by atoms with Crippen molar-refractivity contribution in [3.8, 4) is 0 Å². The van der Waals surface area contributed by atoms with Gasteiger partial charge in [0.2, 0.25) is 11.8 Å². The van der Waals surface area contributed by atoms with E-state index in [1.807, 2.05) is 6.07 Å². The van der Waals surface area contributed by atoms with Gasteiger partial charge in [0.15, 0.2) is 0 Å². The molecular formula is C19H22N4O4. The highest BCUT2D eigenvalue weighted by Crippen LogP contribution is 2.31. The van der Waals surface area contributed by atoms with E-state index in [-0.39, 0.29) is 24.8 Å². The summed E-state index contributed by atoms with van der Waals surface area (Å²) in [5.41, 5.74) is 7.54. The molecule has 0 bridgehead atoms. The molecule has 2 fully saturated rings. The van der Waals surface area contributed by atoms with E-state index in [0.717, 1.165) is 42.9 Å². The topological polar surface area (TPSA) is 113 Å². The van der Waals surface area contributed by atoms with Gasteiger partial charge in [0, 0.05) is 31.2 Å². The lowest BCUT2D eigenvalue weighted by molar-refractivity contribution is -0.136. The second kappa shape index (κ2) is 6.77. The number of fused-ring (bicyclic) bond motifs is 1. The lowest BCUT2D eigenvalue weighted by Gasteiger charge is -2.27. The number of imide groups is 2. The van der Waals surface area contributed by atoms with Crippen LogP contribution in [0.3, 0.4) is 0 Å². The van der Waals surface area contributed by atoms with Gasteiger partial charge < -0.3 is 10.6 Å². The van der Waals surface area contributed by atoms with Gasteiger partial charge in [0.05, 0.1) is 11.1 Å². The molecule has 8 heteroatoms. The van der Waals surface area contributed by atoms with E-state index in [2.05, 4.69) is 10.2 Å². The number of piperidine rings is 1. The van der Waals surface area contributed by atoms with Gasteiger partial charge in [-0.15, -0.1) is 0 Å². The van der Waals surface area contributed by atoms with Gasteiger partial charge in [-0.1, -0.05) is 0 Å². The summed E-state index contributed by atoms with van der Waals surface area (Å²) in [6.07, 6.45) is 3.11. The van der Waals surface area contributed by atoms with Crippen LogP contribution in [0.1, 0.15) is 52.8 Å². The Hall–Kier alpha value is -2.74. The number of carbonyl (C=O) groups excluding carboxylic acids is 4. The van der Waals surface area contributed by atoms with Crippen molar-refractivity contribution in [2.45, 2.75) is 44.2 Å². The predicted octanol–water partition coefficient (Wildman–Crippen LogP) is 0.405. The Kier molecular flexibility index (Phi) is 4.43. The molecule has 2 saturated heterocycles. The molecule has 8 nitrogen and oxygen atoms in total. The second-order valence-electron chi connectivity index (χ2n) is 7.36. The van der Waals surface area contributed by atoms with E-state index in [0.29, 0.717) is 11.1 Å². The van der Waals surface area contributed by atoms with Crippen molar-refractivity contribution < 1.29 is 19.2 Å². The van der Waals surface area contributed by atoms with Crippen LogP contribution in [0.2, 0.25) is 0 Å². The summed E-state index contributed by atoms with van der Waals surface area (Å²) in [5.74, 6) is -1.93. The summed E-state index contributed by atoms with van der Waals surface area (Å²) in [7, 11) is 0. The molecule has 0 saturated carbocycles. The number of hydrogen-bond donors (Lipinski definition) is 2. The highest BCUT2D eigenvalue weighted by molar-refractivity contribution is 6.23. The molecule has 2 unspecified atom stereocenters.